The van der Waals surface area contributed by atoms with E-state index in [2.05, 4.69) is 10.4 Å². The molecule has 0 bridgehead atoms. The first-order valence-corrected chi connectivity index (χ1v) is 6.94. The Balaban J connectivity index is 2.04. The maximum atomic E-state index is 12.0. The van der Waals surface area contributed by atoms with E-state index in [9.17, 15) is 9.90 Å². The highest BCUT2D eigenvalue weighted by molar-refractivity contribution is 5.93. The minimum absolute atomic E-state index is 0.100. The fourth-order valence-corrected chi connectivity index (χ4v) is 2.27. The van der Waals surface area contributed by atoms with Gasteiger partial charge in [-0.05, 0) is 33.8 Å². The number of amides is 1. The molecular formula is C15H21N3O3. The highest BCUT2D eigenvalue weighted by atomic mass is 16.3. The summed E-state index contributed by atoms with van der Waals surface area (Å²) in [5.41, 5.74) is -0.0181. The molecule has 0 saturated carbocycles. The fourth-order valence-electron chi connectivity index (χ4n) is 2.27. The largest absolute Gasteiger partial charge is 0.466 e. The number of aliphatic hydroxyl groups is 1. The Hall–Kier alpha value is -2.08. The summed E-state index contributed by atoms with van der Waals surface area (Å²) < 4.78 is 7.10. The number of nitrogens with one attached hydrogen (secondary N) is 1. The van der Waals surface area contributed by atoms with Crippen molar-refractivity contribution in [2.24, 2.45) is 0 Å². The molecule has 6 heteroatoms. The summed E-state index contributed by atoms with van der Waals surface area (Å²) in [5.74, 6) is 1.14. The average molecular weight is 291 g/mol. The molecule has 2 heterocycles. The van der Waals surface area contributed by atoms with Gasteiger partial charge in [-0.2, -0.15) is 5.10 Å². The van der Waals surface area contributed by atoms with Crippen molar-refractivity contribution in [3.05, 3.63) is 41.1 Å². The Morgan fingerprint density at radius 3 is 2.76 bits per heavy atom. The summed E-state index contributed by atoms with van der Waals surface area (Å²) in [4.78, 5) is 12.0. The van der Waals surface area contributed by atoms with Crippen LogP contribution >= 0.6 is 0 Å². The molecule has 21 heavy (non-hydrogen) atoms. The molecule has 2 rings (SSSR count). The van der Waals surface area contributed by atoms with Gasteiger partial charge in [-0.1, -0.05) is 0 Å². The second kappa shape index (κ2) is 5.73. The van der Waals surface area contributed by atoms with Gasteiger partial charge >= 0.3 is 0 Å². The zero-order valence-electron chi connectivity index (χ0n) is 12.8. The van der Waals surface area contributed by atoms with E-state index in [-0.39, 0.29) is 12.5 Å². The van der Waals surface area contributed by atoms with Crippen molar-refractivity contribution in [1.82, 2.24) is 15.1 Å². The summed E-state index contributed by atoms with van der Waals surface area (Å²) in [7, 11) is 0. The van der Waals surface area contributed by atoms with Crippen LogP contribution in [0.5, 0.6) is 0 Å². The highest BCUT2D eigenvalue weighted by Crippen LogP contribution is 2.26. The molecule has 0 aromatic carbocycles. The Kier molecular flexibility index (Phi) is 4.18. The van der Waals surface area contributed by atoms with E-state index < -0.39 is 5.60 Å². The zero-order chi connectivity index (χ0) is 15.6. The third-order valence-corrected chi connectivity index (χ3v) is 3.43. The van der Waals surface area contributed by atoms with Crippen molar-refractivity contribution in [3.8, 4) is 0 Å². The molecule has 2 N–H and O–H groups in total. The van der Waals surface area contributed by atoms with Crippen molar-refractivity contribution in [2.75, 3.05) is 6.54 Å². The van der Waals surface area contributed by atoms with Gasteiger partial charge < -0.3 is 14.8 Å². The quantitative estimate of drug-likeness (QED) is 0.879. The predicted octanol–water partition coefficient (Wildman–Crippen LogP) is 1.75. The number of rotatable bonds is 5. The first kappa shape index (κ1) is 15.3. The molecule has 1 amide bonds. The molecule has 0 aliphatic heterocycles. The molecule has 0 aliphatic carbocycles. The van der Waals surface area contributed by atoms with Gasteiger partial charge in [0.2, 0.25) is 0 Å². The van der Waals surface area contributed by atoms with Gasteiger partial charge in [0.15, 0.2) is 0 Å². The predicted molar refractivity (Wildman–Crippen MR) is 78.0 cm³/mol. The number of furan rings is 1. The lowest BCUT2D eigenvalue weighted by atomic mass is 9.96. The molecule has 0 saturated heterocycles. The van der Waals surface area contributed by atoms with E-state index in [1.807, 2.05) is 13.8 Å². The van der Waals surface area contributed by atoms with Crippen LogP contribution in [0.15, 0.2) is 22.9 Å². The summed E-state index contributed by atoms with van der Waals surface area (Å²) in [6.45, 7) is 8.03. The zero-order valence-corrected chi connectivity index (χ0v) is 12.8. The molecule has 0 spiro atoms. The molecule has 6 nitrogen and oxygen atoms in total. The number of nitrogens with zero attached hydrogens (tertiary/aromatic N) is 2. The number of carbonyl (C=O) groups excluding carboxylic acids is 1. The SMILES string of the molecule is CCn1cc(C(=O)NCC(C)(O)c2cc(C)oc2C)cn1. The normalized spacial score (nSPS) is 14.0. The maximum absolute atomic E-state index is 12.0. The van der Waals surface area contributed by atoms with Gasteiger partial charge in [0.05, 0.1) is 18.3 Å². The standard InChI is InChI=1S/C15H21N3O3/c1-5-18-8-12(7-17-18)14(19)16-9-15(4,20)13-6-10(2)21-11(13)3/h6-8,20H,5,9H2,1-4H3,(H,16,19). The molecule has 0 aliphatic rings. The third-order valence-electron chi connectivity index (χ3n) is 3.43. The molecule has 1 unspecified atom stereocenters. The topological polar surface area (TPSA) is 80.3 Å². The van der Waals surface area contributed by atoms with Crippen LogP contribution in [-0.4, -0.2) is 27.3 Å². The van der Waals surface area contributed by atoms with Crippen molar-refractivity contribution >= 4 is 5.91 Å². The lowest BCUT2D eigenvalue weighted by Crippen LogP contribution is -2.38. The van der Waals surface area contributed by atoms with E-state index in [4.69, 9.17) is 4.42 Å². The van der Waals surface area contributed by atoms with Crippen molar-refractivity contribution in [1.29, 1.82) is 0 Å². The summed E-state index contributed by atoms with van der Waals surface area (Å²) >= 11 is 0. The van der Waals surface area contributed by atoms with Gasteiger partial charge in [-0.3, -0.25) is 9.48 Å². The van der Waals surface area contributed by atoms with Gasteiger partial charge in [0, 0.05) is 18.3 Å². The number of aryl methyl sites for hydroxylation is 3. The first-order chi connectivity index (χ1) is 9.83. The smallest absolute Gasteiger partial charge is 0.254 e. The van der Waals surface area contributed by atoms with E-state index in [0.717, 1.165) is 5.76 Å². The van der Waals surface area contributed by atoms with E-state index in [0.29, 0.717) is 23.4 Å². The Bertz CT molecular complexity index is 640. The minimum atomic E-state index is -1.18. The first-order valence-electron chi connectivity index (χ1n) is 6.94. The van der Waals surface area contributed by atoms with Gasteiger partial charge in [0.25, 0.3) is 5.91 Å². The van der Waals surface area contributed by atoms with Crippen LogP contribution in [-0.2, 0) is 12.1 Å². The number of hydrogen-bond donors (Lipinski definition) is 2. The Morgan fingerprint density at radius 1 is 1.52 bits per heavy atom. The summed E-state index contributed by atoms with van der Waals surface area (Å²) in [5, 5.41) is 17.3. The lowest BCUT2D eigenvalue weighted by Gasteiger charge is -2.23. The summed E-state index contributed by atoms with van der Waals surface area (Å²) in [6.07, 6.45) is 3.19. The molecule has 0 fully saturated rings. The van der Waals surface area contributed by atoms with Gasteiger partial charge in [-0.15, -0.1) is 0 Å². The van der Waals surface area contributed by atoms with Crippen LogP contribution in [0.4, 0.5) is 0 Å². The van der Waals surface area contributed by atoms with Crippen LogP contribution < -0.4 is 5.32 Å². The Labute approximate surface area is 123 Å². The van der Waals surface area contributed by atoms with Crippen molar-refractivity contribution in [2.45, 2.75) is 39.8 Å². The lowest BCUT2D eigenvalue weighted by molar-refractivity contribution is 0.0514. The summed E-state index contributed by atoms with van der Waals surface area (Å²) in [6, 6.07) is 1.79. The number of carbonyl (C=O) groups is 1. The second-order valence-electron chi connectivity index (χ2n) is 5.37. The van der Waals surface area contributed by atoms with Crippen LogP contribution in [0, 0.1) is 13.8 Å². The van der Waals surface area contributed by atoms with Crippen LogP contribution in [0.1, 0.15) is 41.3 Å². The van der Waals surface area contributed by atoms with Gasteiger partial charge in [0.1, 0.15) is 17.1 Å². The van der Waals surface area contributed by atoms with Crippen LogP contribution in [0.25, 0.3) is 0 Å². The number of hydrogen-bond acceptors (Lipinski definition) is 4. The maximum Gasteiger partial charge on any atom is 0.254 e. The highest BCUT2D eigenvalue weighted by Gasteiger charge is 2.28. The van der Waals surface area contributed by atoms with Crippen LogP contribution in [0.3, 0.4) is 0 Å². The number of aromatic nitrogens is 2. The molecule has 114 valence electrons. The average Bonchev–Trinajstić information content (AvgIpc) is 3.02. The van der Waals surface area contributed by atoms with Gasteiger partial charge in [-0.25, -0.2) is 0 Å². The Morgan fingerprint density at radius 2 is 2.24 bits per heavy atom. The minimum Gasteiger partial charge on any atom is -0.466 e. The molecule has 2 aromatic rings. The monoisotopic (exact) mass is 291 g/mol. The van der Waals surface area contributed by atoms with E-state index in [1.54, 1.807) is 30.8 Å². The van der Waals surface area contributed by atoms with E-state index in [1.165, 1.54) is 6.20 Å². The van der Waals surface area contributed by atoms with E-state index >= 15 is 0 Å². The fraction of sp³-hybridized carbons (Fsp3) is 0.467. The van der Waals surface area contributed by atoms with Crippen molar-refractivity contribution < 1.29 is 14.3 Å². The van der Waals surface area contributed by atoms with Crippen molar-refractivity contribution in [3.63, 3.8) is 0 Å². The molecule has 2 aromatic heterocycles. The molecular weight excluding hydrogens is 270 g/mol. The molecule has 0 radical (unpaired) electrons. The third kappa shape index (κ3) is 3.33. The molecule has 1 atom stereocenters. The second-order valence-corrected chi connectivity index (χ2v) is 5.37. The van der Waals surface area contributed by atoms with Crippen LogP contribution in [0.2, 0.25) is 0 Å².